The molecule has 0 saturated carbocycles. The Bertz CT molecular complexity index is 302. The Balaban J connectivity index is 3.33. The second-order valence-electron chi connectivity index (χ2n) is 2.36. The van der Waals surface area contributed by atoms with Crippen molar-refractivity contribution in [1.82, 2.24) is 4.98 Å². The summed E-state index contributed by atoms with van der Waals surface area (Å²) in [6, 6.07) is 0. The summed E-state index contributed by atoms with van der Waals surface area (Å²) in [5, 5.41) is -0.229. The minimum Gasteiger partial charge on any atom is -0.398 e. The maximum Gasteiger partial charge on any atom is 0.268 e. The van der Waals surface area contributed by atoms with Gasteiger partial charge < -0.3 is 5.73 Å². The summed E-state index contributed by atoms with van der Waals surface area (Å²) in [7, 11) is 0. The van der Waals surface area contributed by atoms with Crippen LogP contribution in [0.1, 0.15) is 17.6 Å². The van der Waals surface area contributed by atoms with Crippen molar-refractivity contribution in [1.29, 1.82) is 0 Å². The molecule has 5 heteroatoms. The second-order valence-corrected chi connectivity index (χ2v) is 2.72. The van der Waals surface area contributed by atoms with Crippen LogP contribution in [-0.2, 0) is 0 Å². The van der Waals surface area contributed by atoms with Crippen LogP contribution >= 0.6 is 11.6 Å². The molecule has 0 saturated heterocycles. The molecule has 0 bridgehead atoms. The smallest absolute Gasteiger partial charge is 0.268 e. The van der Waals surface area contributed by atoms with Crippen molar-refractivity contribution < 1.29 is 8.78 Å². The third kappa shape index (κ3) is 1.48. The molecule has 1 aromatic rings. The minimum absolute atomic E-state index is 0.0185. The molecule has 0 radical (unpaired) electrons. The molecule has 1 aromatic heterocycles. The highest BCUT2D eigenvalue weighted by molar-refractivity contribution is 6.30. The molecule has 2 N–H and O–H groups in total. The zero-order valence-corrected chi connectivity index (χ0v) is 7.07. The van der Waals surface area contributed by atoms with Gasteiger partial charge in [0.2, 0.25) is 0 Å². The Hall–Kier alpha value is -0.900. The van der Waals surface area contributed by atoms with Crippen molar-refractivity contribution in [3.8, 4) is 0 Å². The minimum atomic E-state index is -2.68. The van der Waals surface area contributed by atoms with E-state index in [0.29, 0.717) is 5.56 Å². The molecule has 0 aromatic carbocycles. The predicted octanol–water partition coefficient (Wildman–Crippen LogP) is 2.56. The number of pyridine rings is 1. The lowest BCUT2D eigenvalue weighted by Gasteiger charge is -2.07. The largest absolute Gasteiger partial charge is 0.398 e. The fraction of sp³-hybridized carbons (Fsp3) is 0.286. The van der Waals surface area contributed by atoms with Crippen LogP contribution in [0, 0.1) is 6.92 Å². The average molecular weight is 193 g/mol. The number of anilines is 1. The predicted molar refractivity (Wildman–Crippen MR) is 43.4 cm³/mol. The fourth-order valence-electron chi connectivity index (χ4n) is 0.824. The van der Waals surface area contributed by atoms with Crippen LogP contribution in [0.5, 0.6) is 0 Å². The van der Waals surface area contributed by atoms with Gasteiger partial charge in [0.25, 0.3) is 6.43 Å². The molecule has 0 fully saturated rings. The van der Waals surface area contributed by atoms with Crippen molar-refractivity contribution in [2.45, 2.75) is 13.3 Å². The van der Waals surface area contributed by atoms with Crippen molar-refractivity contribution in [3.63, 3.8) is 0 Å². The number of rotatable bonds is 1. The monoisotopic (exact) mass is 192 g/mol. The maximum atomic E-state index is 12.3. The molecule has 0 aliphatic carbocycles. The zero-order chi connectivity index (χ0) is 9.30. The highest BCUT2D eigenvalue weighted by Crippen LogP contribution is 2.31. The summed E-state index contributed by atoms with van der Waals surface area (Å²) in [6.45, 7) is 1.60. The van der Waals surface area contributed by atoms with Gasteiger partial charge in [-0.3, -0.25) is 0 Å². The van der Waals surface area contributed by atoms with Crippen molar-refractivity contribution in [3.05, 3.63) is 22.5 Å². The van der Waals surface area contributed by atoms with E-state index in [1.807, 2.05) is 0 Å². The van der Waals surface area contributed by atoms with E-state index in [2.05, 4.69) is 4.98 Å². The van der Waals surface area contributed by atoms with Gasteiger partial charge in [-0.05, 0) is 12.5 Å². The molecule has 66 valence electrons. The molecule has 0 aliphatic rings. The average Bonchev–Trinajstić information content (AvgIpc) is 1.97. The topological polar surface area (TPSA) is 38.9 Å². The van der Waals surface area contributed by atoms with Crippen LogP contribution in [0.15, 0.2) is 6.20 Å². The van der Waals surface area contributed by atoms with Gasteiger partial charge in [0.05, 0.1) is 5.56 Å². The van der Waals surface area contributed by atoms with E-state index < -0.39 is 6.43 Å². The molecule has 0 amide bonds. The van der Waals surface area contributed by atoms with Gasteiger partial charge in [0, 0.05) is 11.9 Å². The SMILES string of the molecule is Cc1cnc(Cl)c(C(F)F)c1N. The van der Waals surface area contributed by atoms with Gasteiger partial charge in [-0.25, -0.2) is 13.8 Å². The van der Waals surface area contributed by atoms with Gasteiger partial charge in [-0.2, -0.15) is 0 Å². The number of hydrogen-bond acceptors (Lipinski definition) is 2. The third-order valence-electron chi connectivity index (χ3n) is 1.53. The fourth-order valence-corrected chi connectivity index (χ4v) is 1.06. The normalized spacial score (nSPS) is 10.8. The number of alkyl halides is 2. The molecule has 1 heterocycles. The van der Waals surface area contributed by atoms with E-state index >= 15 is 0 Å². The van der Waals surface area contributed by atoms with Crippen LogP contribution in [0.4, 0.5) is 14.5 Å². The molecule has 0 aliphatic heterocycles. The summed E-state index contributed by atoms with van der Waals surface area (Å²) in [4.78, 5) is 3.57. The van der Waals surface area contributed by atoms with E-state index in [9.17, 15) is 8.78 Å². The zero-order valence-electron chi connectivity index (χ0n) is 6.31. The van der Waals surface area contributed by atoms with E-state index in [0.717, 1.165) is 0 Å². The number of nitrogens with zero attached hydrogens (tertiary/aromatic N) is 1. The lowest BCUT2D eigenvalue weighted by molar-refractivity contribution is 0.152. The van der Waals surface area contributed by atoms with Crippen LogP contribution in [0.3, 0.4) is 0 Å². The van der Waals surface area contributed by atoms with E-state index in [1.54, 1.807) is 6.92 Å². The number of nitrogen functional groups attached to an aromatic ring is 1. The van der Waals surface area contributed by atoms with Crippen molar-refractivity contribution in [2.24, 2.45) is 0 Å². The summed E-state index contributed by atoms with van der Waals surface area (Å²) in [5.41, 5.74) is 5.53. The van der Waals surface area contributed by atoms with E-state index in [1.165, 1.54) is 6.20 Å². The Morgan fingerprint density at radius 1 is 1.58 bits per heavy atom. The summed E-state index contributed by atoms with van der Waals surface area (Å²) in [6.07, 6.45) is -1.31. The van der Waals surface area contributed by atoms with E-state index in [-0.39, 0.29) is 16.4 Å². The second kappa shape index (κ2) is 3.23. The first-order valence-electron chi connectivity index (χ1n) is 3.22. The quantitative estimate of drug-likeness (QED) is 0.695. The van der Waals surface area contributed by atoms with Crippen molar-refractivity contribution >= 4 is 17.3 Å². The van der Waals surface area contributed by atoms with Crippen LogP contribution < -0.4 is 5.73 Å². The Morgan fingerprint density at radius 3 is 2.58 bits per heavy atom. The molecule has 12 heavy (non-hydrogen) atoms. The Labute approximate surface area is 73.4 Å². The van der Waals surface area contributed by atoms with Crippen LogP contribution in [0.25, 0.3) is 0 Å². The molecule has 0 unspecified atom stereocenters. The number of halogens is 3. The number of aryl methyl sites for hydroxylation is 1. The molecule has 0 atom stereocenters. The highest BCUT2D eigenvalue weighted by atomic mass is 35.5. The van der Waals surface area contributed by atoms with Gasteiger partial charge in [-0.15, -0.1) is 0 Å². The molecular weight excluding hydrogens is 186 g/mol. The molecule has 2 nitrogen and oxygen atoms in total. The lowest BCUT2D eigenvalue weighted by atomic mass is 10.2. The Kier molecular flexibility index (Phi) is 2.47. The summed E-state index contributed by atoms with van der Waals surface area (Å²) in [5.74, 6) is 0. The molecular formula is C7H7ClF2N2. The number of nitrogens with two attached hydrogens (primary N) is 1. The standard InChI is InChI=1S/C7H7ClF2N2/c1-3-2-12-6(8)4(5(3)11)7(9)10/h2,7H,1H3,(H2,11,12). The Morgan fingerprint density at radius 2 is 2.17 bits per heavy atom. The van der Waals surface area contributed by atoms with E-state index in [4.69, 9.17) is 17.3 Å². The molecule has 0 spiro atoms. The molecule has 1 rings (SSSR count). The third-order valence-corrected chi connectivity index (χ3v) is 1.83. The lowest BCUT2D eigenvalue weighted by Crippen LogP contribution is -2.00. The van der Waals surface area contributed by atoms with Gasteiger partial charge in [0.1, 0.15) is 5.15 Å². The summed E-state index contributed by atoms with van der Waals surface area (Å²) >= 11 is 5.43. The maximum absolute atomic E-state index is 12.3. The first kappa shape index (κ1) is 9.19. The van der Waals surface area contributed by atoms with Crippen molar-refractivity contribution in [2.75, 3.05) is 5.73 Å². The first-order chi connectivity index (χ1) is 5.54. The highest BCUT2D eigenvalue weighted by Gasteiger charge is 2.17. The first-order valence-corrected chi connectivity index (χ1v) is 3.60. The van der Waals surface area contributed by atoms with Gasteiger partial charge >= 0.3 is 0 Å². The summed E-state index contributed by atoms with van der Waals surface area (Å²) < 4.78 is 24.5. The number of aromatic nitrogens is 1. The van der Waals surface area contributed by atoms with Gasteiger partial charge in [0.15, 0.2) is 0 Å². The van der Waals surface area contributed by atoms with Crippen LogP contribution in [-0.4, -0.2) is 4.98 Å². The number of hydrogen-bond donors (Lipinski definition) is 1. The van der Waals surface area contributed by atoms with Gasteiger partial charge in [-0.1, -0.05) is 11.6 Å². The van der Waals surface area contributed by atoms with Crippen LogP contribution in [0.2, 0.25) is 5.15 Å².